The molecule has 0 aliphatic carbocycles. The number of aliphatic imine (C=N–C) groups is 2. The Morgan fingerprint density at radius 1 is 1.05 bits per heavy atom. The zero-order valence-corrected chi connectivity index (χ0v) is 21.8. The van der Waals surface area contributed by atoms with Gasteiger partial charge >= 0.3 is 0 Å². The summed E-state index contributed by atoms with van der Waals surface area (Å²) in [7, 11) is 1.61. The van der Waals surface area contributed by atoms with Crippen molar-refractivity contribution in [1.29, 1.82) is 0 Å². The van der Waals surface area contributed by atoms with Gasteiger partial charge < -0.3 is 10.1 Å². The molecule has 7 nitrogen and oxygen atoms in total. The van der Waals surface area contributed by atoms with E-state index < -0.39 is 6.04 Å². The van der Waals surface area contributed by atoms with Gasteiger partial charge in [0, 0.05) is 17.9 Å². The van der Waals surface area contributed by atoms with Crippen molar-refractivity contribution in [3.63, 3.8) is 0 Å². The average Bonchev–Trinajstić information content (AvgIpc) is 3.23. The van der Waals surface area contributed by atoms with Crippen molar-refractivity contribution in [3.8, 4) is 5.75 Å². The Balaban J connectivity index is 1.34. The van der Waals surface area contributed by atoms with Crippen molar-refractivity contribution in [2.75, 3.05) is 7.11 Å². The van der Waals surface area contributed by atoms with Crippen molar-refractivity contribution in [2.24, 2.45) is 9.98 Å². The number of thioether (sulfide) groups is 1. The Bertz CT molecular complexity index is 1410. The van der Waals surface area contributed by atoms with Crippen molar-refractivity contribution in [1.82, 2.24) is 10.2 Å². The van der Waals surface area contributed by atoms with Crippen molar-refractivity contribution < 1.29 is 14.3 Å². The fourth-order valence-electron chi connectivity index (χ4n) is 4.44. The average molecular weight is 513 g/mol. The minimum absolute atomic E-state index is 0.00665. The van der Waals surface area contributed by atoms with Crippen LogP contribution in [0.2, 0.25) is 0 Å². The van der Waals surface area contributed by atoms with Crippen LogP contribution in [0.3, 0.4) is 0 Å². The van der Waals surface area contributed by atoms with Gasteiger partial charge in [-0.1, -0.05) is 59.8 Å². The molecule has 3 aromatic carbocycles. The van der Waals surface area contributed by atoms with Crippen LogP contribution in [0.25, 0.3) is 0 Å². The summed E-state index contributed by atoms with van der Waals surface area (Å²) in [4.78, 5) is 37.1. The molecule has 2 aliphatic rings. The quantitative estimate of drug-likeness (QED) is 0.486. The van der Waals surface area contributed by atoms with Crippen LogP contribution in [0.4, 0.5) is 5.69 Å². The molecule has 0 bridgehead atoms. The number of aryl methyl sites for hydroxylation is 2. The number of para-hydroxylation sites is 1. The second-order valence-corrected chi connectivity index (χ2v) is 10.1. The highest BCUT2D eigenvalue weighted by Gasteiger charge is 2.42. The maximum Gasteiger partial charge on any atom is 0.271 e. The number of nitrogens with one attached hydrogen (secondary N) is 1. The third kappa shape index (κ3) is 5.29. The number of hydrogen-bond acceptors (Lipinski definition) is 6. The first-order valence-corrected chi connectivity index (χ1v) is 13.1. The number of amides is 2. The van der Waals surface area contributed by atoms with E-state index in [2.05, 4.69) is 42.4 Å². The minimum Gasteiger partial charge on any atom is -0.497 e. The zero-order chi connectivity index (χ0) is 25.9. The first-order chi connectivity index (χ1) is 17.9. The highest BCUT2D eigenvalue weighted by molar-refractivity contribution is 8.13. The summed E-state index contributed by atoms with van der Waals surface area (Å²) >= 11 is 1.56. The molecule has 0 aromatic heterocycles. The number of nitrogens with zero attached hydrogens (tertiary/aromatic N) is 3. The molecule has 37 heavy (non-hydrogen) atoms. The Morgan fingerprint density at radius 3 is 2.59 bits per heavy atom. The molecule has 1 atom stereocenters. The lowest BCUT2D eigenvalue weighted by atomic mass is 10.1. The molecule has 2 aliphatic heterocycles. The molecule has 1 unspecified atom stereocenters. The predicted molar refractivity (Wildman–Crippen MR) is 147 cm³/mol. The number of rotatable bonds is 7. The molecule has 188 valence electrons. The summed E-state index contributed by atoms with van der Waals surface area (Å²) in [5, 5.41) is 3.60. The highest BCUT2D eigenvalue weighted by atomic mass is 32.2. The molecule has 0 saturated carbocycles. The first-order valence-electron chi connectivity index (χ1n) is 12.1. The molecule has 0 spiro atoms. The van der Waals surface area contributed by atoms with E-state index in [9.17, 15) is 9.59 Å². The molecular weight excluding hydrogens is 484 g/mol. The van der Waals surface area contributed by atoms with Crippen LogP contribution in [-0.4, -0.2) is 40.9 Å². The number of hydrogen-bond donors (Lipinski definition) is 1. The number of carbonyl (C=O) groups is 2. The van der Waals surface area contributed by atoms with Crippen LogP contribution in [0.15, 0.2) is 76.7 Å². The van der Waals surface area contributed by atoms with Gasteiger partial charge in [0.15, 0.2) is 5.17 Å². The van der Waals surface area contributed by atoms with Crippen LogP contribution >= 0.6 is 11.8 Å². The lowest BCUT2D eigenvalue weighted by Gasteiger charge is -2.31. The third-order valence-electron chi connectivity index (χ3n) is 6.49. The number of carbonyl (C=O) groups excluding carboxylic acids is 2. The molecule has 2 heterocycles. The maximum absolute atomic E-state index is 13.1. The van der Waals surface area contributed by atoms with Crippen LogP contribution in [0.5, 0.6) is 5.75 Å². The number of amidine groups is 2. The summed E-state index contributed by atoms with van der Waals surface area (Å²) in [6.07, 6.45) is -0.00665. The van der Waals surface area contributed by atoms with E-state index in [1.54, 1.807) is 18.9 Å². The van der Waals surface area contributed by atoms with Gasteiger partial charge in [0.2, 0.25) is 5.91 Å². The van der Waals surface area contributed by atoms with Crippen LogP contribution < -0.4 is 10.1 Å². The summed E-state index contributed by atoms with van der Waals surface area (Å²) in [5.41, 5.74) is 6.16. The van der Waals surface area contributed by atoms with Gasteiger partial charge in [-0.15, -0.1) is 0 Å². The molecule has 1 N–H and O–H groups in total. The molecule has 0 fully saturated rings. The van der Waals surface area contributed by atoms with E-state index in [1.165, 1.54) is 16.7 Å². The van der Waals surface area contributed by atoms with Crippen LogP contribution in [-0.2, 0) is 21.9 Å². The molecule has 0 saturated heterocycles. The summed E-state index contributed by atoms with van der Waals surface area (Å²) in [5.74, 6) is 1.47. The standard InChI is InChI=1S/C29H28N4O3S/c1-18-8-11-21(19(2)14-18)17-37-29-31-24-7-5-4-6-23(24)27-32-28(35)25(33(27)29)15-26(34)30-16-20-9-12-22(36-3)13-10-20/h4-14,25H,15-17H2,1-3H3,(H,30,34). The minimum atomic E-state index is -0.732. The van der Waals surface area contributed by atoms with Crippen molar-refractivity contribution in [2.45, 2.75) is 38.6 Å². The van der Waals surface area contributed by atoms with Gasteiger partial charge in [0.05, 0.1) is 19.2 Å². The van der Waals surface area contributed by atoms with E-state index in [4.69, 9.17) is 9.73 Å². The van der Waals surface area contributed by atoms with E-state index in [0.717, 1.165) is 22.6 Å². The zero-order valence-electron chi connectivity index (χ0n) is 21.0. The highest BCUT2D eigenvalue weighted by Crippen LogP contribution is 2.36. The van der Waals surface area contributed by atoms with Gasteiger partial charge in [-0.3, -0.25) is 14.5 Å². The molecular formula is C29H28N4O3S. The molecule has 8 heteroatoms. The van der Waals surface area contributed by atoms with Crippen LogP contribution in [0, 0.1) is 13.8 Å². The van der Waals surface area contributed by atoms with Crippen molar-refractivity contribution >= 4 is 40.3 Å². The van der Waals surface area contributed by atoms with Gasteiger partial charge in [-0.05, 0) is 54.8 Å². The Kier molecular flexibility index (Phi) is 7.10. The number of fused-ring (bicyclic) bond motifs is 3. The smallest absolute Gasteiger partial charge is 0.271 e. The maximum atomic E-state index is 13.1. The Labute approximate surface area is 220 Å². The lowest BCUT2D eigenvalue weighted by Crippen LogP contribution is -2.45. The topological polar surface area (TPSA) is 83.4 Å². The SMILES string of the molecule is COc1ccc(CNC(=O)CC2C(=O)N=C3c4ccccc4N=C(SCc4ccc(C)cc4C)N32)cc1. The van der Waals surface area contributed by atoms with E-state index in [-0.39, 0.29) is 18.2 Å². The second kappa shape index (κ2) is 10.6. The van der Waals surface area contributed by atoms with Gasteiger partial charge in [0.25, 0.3) is 5.91 Å². The van der Waals surface area contributed by atoms with E-state index >= 15 is 0 Å². The predicted octanol–water partition coefficient (Wildman–Crippen LogP) is 4.91. The van der Waals surface area contributed by atoms with Gasteiger partial charge in [-0.2, -0.15) is 4.99 Å². The number of methoxy groups -OCH3 is 1. The first kappa shape index (κ1) is 24.8. The third-order valence-corrected chi connectivity index (χ3v) is 7.49. The monoisotopic (exact) mass is 512 g/mol. The normalized spacial score (nSPS) is 16.0. The van der Waals surface area contributed by atoms with E-state index in [1.807, 2.05) is 53.4 Å². The second-order valence-electron chi connectivity index (χ2n) is 9.12. The molecule has 3 aromatic rings. The summed E-state index contributed by atoms with van der Waals surface area (Å²) < 4.78 is 5.18. The summed E-state index contributed by atoms with van der Waals surface area (Å²) in [6.45, 7) is 4.54. The fraction of sp³-hybridized carbons (Fsp3) is 0.241. The molecule has 2 amide bonds. The van der Waals surface area contributed by atoms with Gasteiger partial charge in [0.1, 0.15) is 17.6 Å². The van der Waals surface area contributed by atoms with Crippen molar-refractivity contribution in [3.05, 3.63) is 94.5 Å². The van der Waals surface area contributed by atoms with Crippen LogP contribution in [0.1, 0.15) is 34.2 Å². The van der Waals surface area contributed by atoms with E-state index in [0.29, 0.717) is 23.3 Å². The molecule has 0 radical (unpaired) electrons. The number of ether oxygens (including phenoxy) is 1. The van der Waals surface area contributed by atoms with Gasteiger partial charge in [-0.25, -0.2) is 4.99 Å². The Morgan fingerprint density at radius 2 is 1.84 bits per heavy atom. The largest absolute Gasteiger partial charge is 0.497 e. The Hall–Kier alpha value is -3.91. The summed E-state index contributed by atoms with van der Waals surface area (Å²) in [6, 6.07) is 20.8. The molecule has 5 rings (SSSR count). The fourth-order valence-corrected chi connectivity index (χ4v) is 5.57. The number of benzene rings is 3. The lowest BCUT2D eigenvalue weighted by molar-refractivity contribution is -0.126.